The van der Waals surface area contributed by atoms with Gasteiger partial charge in [0.15, 0.2) is 11.7 Å². The van der Waals surface area contributed by atoms with E-state index < -0.39 is 23.4 Å². The van der Waals surface area contributed by atoms with E-state index in [1.54, 1.807) is 0 Å². The number of aryl methyl sites for hydroxylation is 2. The fourth-order valence-corrected chi connectivity index (χ4v) is 3.64. The van der Waals surface area contributed by atoms with Crippen molar-refractivity contribution in [2.24, 2.45) is 0 Å². The van der Waals surface area contributed by atoms with Crippen molar-refractivity contribution in [2.75, 3.05) is 11.9 Å². The molecule has 3 aromatic rings. The van der Waals surface area contributed by atoms with Gasteiger partial charge in [-0.05, 0) is 38.5 Å². The Morgan fingerprint density at radius 3 is 2.75 bits per heavy atom. The van der Waals surface area contributed by atoms with Crippen molar-refractivity contribution in [3.8, 4) is 0 Å². The van der Waals surface area contributed by atoms with Gasteiger partial charge >= 0.3 is 11.7 Å². The molecule has 0 aliphatic heterocycles. The number of hydrogen-bond donors (Lipinski definition) is 1. The monoisotopic (exact) mass is 403 g/mol. The number of ether oxygens (including phenoxy) is 1. The molecule has 10 nitrogen and oxygen atoms in total. The van der Waals surface area contributed by atoms with Crippen molar-refractivity contribution < 1.29 is 19.2 Å². The maximum Gasteiger partial charge on any atom is 0.328 e. The lowest BCUT2D eigenvalue weighted by atomic mass is 10.2. The maximum atomic E-state index is 12.0. The molecule has 2 aromatic heterocycles. The quantitative estimate of drug-likeness (QED) is 0.380. The number of nitrogens with zero attached hydrogens (tertiary/aromatic N) is 4. The molecule has 0 fully saturated rings. The first kappa shape index (κ1) is 19.4. The first-order chi connectivity index (χ1) is 13.2. The summed E-state index contributed by atoms with van der Waals surface area (Å²) in [6.45, 7) is 4.13. The third-order valence-corrected chi connectivity index (χ3v) is 4.89. The fraction of sp³-hybridized carbons (Fsp3) is 0.294. The van der Waals surface area contributed by atoms with Gasteiger partial charge in [-0.1, -0.05) is 17.4 Å². The molecule has 11 heteroatoms. The minimum absolute atomic E-state index is 0.142. The van der Waals surface area contributed by atoms with Crippen molar-refractivity contribution in [1.82, 2.24) is 14.8 Å². The van der Waals surface area contributed by atoms with Gasteiger partial charge in [-0.3, -0.25) is 29.7 Å². The number of hydrogen-bond acceptors (Lipinski definition) is 8. The van der Waals surface area contributed by atoms with E-state index in [-0.39, 0.29) is 23.6 Å². The summed E-state index contributed by atoms with van der Waals surface area (Å²) in [5.41, 5.74) is 2.17. The lowest BCUT2D eigenvalue weighted by Gasteiger charge is -2.05. The van der Waals surface area contributed by atoms with Gasteiger partial charge in [-0.25, -0.2) is 4.98 Å². The number of thiazole rings is 1. The highest BCUT2D eigenvalue weighted by molar-refractivity contribution is 7.22. The largest absolute Gasteiger partial charge is 0.454 e. The van der Waals surface area contributed by atoms with Crippen LogP contribution in [0.2, 0.25) is 0 Å². The van der Waals surface area contributed by atoms with E-state index in [4.69, 9.17) is 4.74 Å². The predicted molar refractivity (Wildman–Crippen MR) is 102 cm³/mol. The third kappa shape index (κ3) is 4.14. The van der Waals surface area contributed by atoms with E-state index in [1.807, 2.05) is 25.1 Å². The molecule has 0 atom stereocenters. The number of nitrogens with one attached hydrogen (secondary N) is 1. The molecule has 28 heavy (non-hydrogen) atoms. The first-order valence-electron chi connectivity index (χ1n) is 8.25. The molecule has 2 heterocycles. The number of amides is 1. The lowest BCUT2D eigenvalue weighted by molar-refractivity contribution is -0.386. The van der Waals surface area contributed by atoms with Crippen LogP contribution >= 0.6 is 11.3 Å². The van der Waals surface area contributed by atoms with Crippen LogP contribution in [0.15, 0.2) is 18.2 Å². The van der Waals surface area contributed by atoms with Crippen molar-refractivity contribution in [1.29, 1.82) is 0 Å². The van der Waals surface area contributed by atoms with Gasteiger partial charge in [0.05, 0.1) is 15.1 Å². The smallest absolute Gasteiger partial charge is 0.328 e. The van der Waals surface area contributed by atoms with Gasteiger partial charge in [-0.2, -0.15) is 5.10 Å². The molecule has 146 valence electrons. The number of aromatic nitrogens is 3. The molecule has 0 spiro atoms. The molecule has 1 amide bonds. The summed E-state index contributed by atoms with van der Waals surface area (Å²) in [6.07, 6.45) is 0. The number of anilines is 1. The topological polar surface area (TPSA) is 129 Å². The minimum Gasteiger partial charge on any atom is -0.454 e. The summed E-state index contributed by atoms with van der Waals surface area (Å²) < 4.78 is 7.06. The molecule has 0 aliphatic rings. The number of carbonyl (C=O) groups is 2. The molecule has 1 N–H and O–H groups in total. The Hall–Kier alpha value is -3.34. The molecule has 0 bridgehead atoms. The van der Waals surface area contributed by atoms with Gasteiger partial charge in [-0.15, -0.1) is 0 Å². The summed E-state index contributed by atoms with van der Waals surface area (Å²) in [5.74, 6) is -1.25. The number of benzene rings is 1. The predicted octanol–water partition coefficient (Wildman–Crippen LogP) is 2.51. The molecular weight excluding hydrogens is 386 g/mol. The average molecular weight is 403 g/mol. The Morgan fingerprint density at radius 2 is 2.07 bits per heavy atom. The van der Waals surface area contributed by atoms with Crippen LogP contribution in [0.5, 0.6) is 0 Å². The summed E-state index contributed by atoms with van der Waals surface area (Å²) in [4.78, 5) is 38.7. The van der Waals surface area contributed by atoms with Crippen LogP contribution in [0, 0.1) is 30.9 Å². The van der Waals surface area contributed by atoms with E-state index in [9.17, 15) is 19.7 Å². The van der Waals surface area contributed by atoms with Crippen molar-refractivity contribution >= 4 is 44.2 Å². The standard InChI is InChI=1S/C17H17N5O5S/c1-9-4-5-12-13(6-9)28-17(18-12)19-14(23)8-27-15(24)7-21-11(3)16(22(25)26)10(2)20-21/h4-6H,7-8H2,1-3H3,(H,18,19,23). The van der Waals surface area contributed by atoms with Crippen LogP contribution in [0.4, 0.5) is 10.8 Å². The Kier molecular flexibility index (Phi) is 5.36. The summed E-state index contributed by atoms with van der Waals surface area (Å²) in [6, 6.07) is 5.76. The molecule has 0 saturated carbocycles. The Bertz CT molecular complexity index is 1090. The molecule has 0 unspecified atom stereocenters. The molecule has 0 saturated heterocycles. The van der Waals surface area contributed by atoms with Gasteiger partial charge in [0, 0.05) is 0 Å². The zero-order valence-electron chi connectivity index (χ0n) is 15.4. The van der Waals surface area contributed by atoms with Crippen molar-refractivity contribution in [3.63, 3.8) is 0 Å². The number of carbonyl (C=O) groups excluding carboxylic acids is 2. The van der Waals surface area contributed by atoms with Crippen molar-refractivity contribution in [3.05, 3.63) is 45.3 Å². The lowest BCUT2D eigenvalue weighted by Crippen LogP contribution is -2.23. The Morgan fingerprint density at radius 1 is 1.32 bits per heavy atom. The second kappa shape index (κ2) is 7.72. The van der Waals surface area contributed by atoms with Crippen LogP contribution < -0.4 is 5.32 Å². The summed E-state index contributed by atoms with van der Waals surface area (Å²) >= 11 is 1.32. The highest BCUT2D eigenvalue weighted by Gasteiger charge is 2.23. The minimum atomic E-state index is -0.726. The van der Waals surface area contributed by atoms with Crippen LogP contribution in [-0.2, 0) is 20.9 Å². The maximum absolute atomic E-state index is 12.0. The average Bonchev–Trinajstić information content (AvgIpc) is 3.12. The van der Waals surface area contributed by atoms with Gasteiger partial charge in [0.25, 0.3) is 5.91 Å². The zero-order valence-corrected chi connectivity index (χ0v) is 16.2. The van der Waals surface area contributed by atoms with Crippen LogP contribution in [0.3, 0.4) is 0 Å². The van der Waals surface area contributed by atoms with E-state index in [2.05, 4.69) is 15.4 Å². The molecule has 1 aromatic carbocycles. The van der Waals surface area contributed by atoms with Crippen molar-refractivity contribution in [2.45, 2.75) is 27.3 Å². The number of esters is 1. The van der Waals surface area contributed by atoms with E-state index >= 15 is 0 Å². The molecule has 0 radical (unpaired) electrons. The molecule has 3 rings (SSSR count). The van der Waals surface area contributed by atoms with Crippen LogP contribution in [0.1, 0.15) is 17.0 Å². The van der Waals surface area contributed by atoms with E-state index in [1.165, 1.54) is 29.9 Å². The van der Waals surface area contributed by atoms with Crippen LogP contribution in [-0.4, -0.2) is 38.2 Å². The van der Waals surface area contributed by atoms with E-state index in [0.29, 0.717) is 5.13 Å². The fourth-order valence-electron chi connectivity index (χ4n) is 2.66. The number of fused-ring (bicyclic) bond motifs is 1. The zero-order chi connectivity index (χ0) is 20.4. The van der Waals surface area contributed by atoms with Gasteiger partial charge < -0.3 is 4.74 Å². The summed E-state index contributed by atoms with van der Waals surface area (Å²) in [7, 11) is 0. The summed E-state index contributed by atoms with van der Waals surface area (Å²) in [5, 5.41) is 18.0. The van der Waals surface area contributed by atoms with Gasteiger partial charge in [0.2, 0.25) is 0 Å². The third-order valence-electron chi connectivity index (χ3n) is 3.96. The SMILES string of the molecule is Cc1ccc2nc(NC(=O)COC(=O)Cn3nc(C)c([N+](=O)[O-])c3C)sc2c1. The number of nitro groups is 1. The highest BCUT2D eigenvalue weighted by Crippen LogP contribution is 2.26. The normalized spacial score (nSPS) is 10.8. The Labute approximate surface area is 163 Å². The second-order valence-corrected chi connectivity index (χ2v) is 7.16. The van der Waals surface area contributed by atoms with Crippen LogP contribution in [0.25, 0.3) is 10.2 Å². The Balaban J connectivity index is 1.56. The van der Waals surface area contributed by atoms with Gasteiger partial charge in [0.1, 0.15) is 17.9 Å². The van der Waals surface area contributed by atoms with E-state index in [0.717, 1.165) is 15.8 Å². The molecular formula is C17H17N5O5S. The first-order valence-corrected chi connectivity index (χ1v) is 9.07. The number of rotatable bonds is 6. The molecule has 0 aliphatic carbocycles. The highest BCUT2D eigenvalue weighted by atomic mass is 32.1. The second-order valence-electron chi connectivity index (χ2n) is 6.13.